The Labute approximate surface area is 85.1 Å². The average Bonchev–Trinajstić information content (AvgIpc) is 1.83. The molecule has 0 amide bonds. The second kappa shape index (κ2) is 7.37. The van der Waals surface area contributed by atoms with E-state index in [1.165, 1.54) is 32.1 Å². The molecule has 1 heteroatoms. The number of hydrogen-bond donors (Lipinski definition) is 1. The van der Waals surface area contributed by atoms with Crippen molar-refractivity contribution in [2.75, 3.05) is 0 Å². The molecular weight excluding hydrogens is 158 g/mol. The molecule has 1 rings (SSSR count). The smallest absolute Gasteiger partial charge is 0.00413 e. The maximum absolute atomic E-state index is 5.94. The lowest BCUT2D eigenvalue weighted by Gasteiger charge is -2.24. The molecule has 0 spiro atoms. The number of nitrogens with two attached hydrogens (primary N) is 1. The molecule has 3 unspecified atom stereocenters. The van der Waals surface area contributed by atoms with E-state index in [1.807, 2.05) is 0 Å². The lowest BCUT2D eigenvalue weighted by molar-refractivity contribution is 0.307. The first-order chi connectivity index (χ1) is 5.18. The van der Waals surface area contributed by atoms with E-state index >= 15 is 0 Å². The van der Waals surface area contributed by atoms with E-state index in [0.29, 0.717) is 6.04 Å². The second-order valence-electron chi connectivity index (χ2n) is 4.37. The highest BCUT2D eigenvalue weighted by atomic mass is 14.6. The van der Waals surface area contributed by atoms with Crippen LogP contribution in [0.4, 0.5) is 0 Å². The molecule has 0 radical (unpaired) electrons. The summed E-state index contributed by atoms with van der Waals surface area (Å²) in [6, 6.07) is 0.484. The molecule has 1 saturated carbocycles. The fraction of sp³-hybridized carbons (Fsp3) is 1.00. The SMILES string of the molecule is C.C.CC1CCCC(N)CC(C)C1. The maximum atomic E-state index is 5.94. The monoisotopic (exact) mass is 187 g/mol. The minimum atomic E-state index is 0. The van der Waals surface area contributed by atoms with Gasteiger partial charge in [0, 0.05) is 6.04 Å². The second-order valence-corrected chi connectivity index (χ2v) is 4.37. The minimum Gasteiger partial charge on any atom is -0.328 e. The standard InChI is InChI=1S/C10H21N.2CH4/c1-8-4-3-5-10(11)7-9(2)6-8;;/h8-10H,3-7,11H2,1-2H3;2*1H4. The van der Waals surface area contributed by atoms with Gasteiger partial charge in [-0.1, -0.05) is 41.5 Å². The summed E-state index contributed by atoms with van der Waals surface area (Å²) in [4.78, 5) is 0. The van der Waals surface area contributed by atoms with Crippen LogP contribution >= 0.6 is 0 Å². The minimum absolute atomic E-state index is 0. The predicted octanol–water partition coefficient (Wildman–Crippen LogP) is 3.82. The van der Waals surface area contributed by atoms with E-state index in [4.69, 9.17) is 5.73 Å². The van der Waals surface area contributed by atoms with Crippen LogP contribution in [-0.4, -0.2) is 6.04 Å². The third kappa shape index (κ3) is 6.09. The maximum Gasteiger partial charge on any atom is 0.00413 e. The van der Waals surface area contributed by atoms with E-state index in [0.717, 1.165) is 11.8 Å². The van der Waals surface area contributed by atoms with Crippen molar-refractivity contribution < 1.29 is 0 Å². The molecule has 0 aromatic rings. The van der Waals surface area contributed by atoms with Crippen LogP contribution in [0.15, 0.2) is 0 Å². The summed E-state index contributed by atoms with van der Waals surface area (Å²) in [6.45, 7) is 4.70. The van der Waals surface area contributed by atoms with Crippen LogP contribution in [0.5, 0.6) is 0 Å². The van der Waals surface area contributed by atoms with Gasteiger partial charge in [0.1, 0.15) is 0 Å². The van der Waals surface area contributed by atoms with Crippen molar-refractivity contribution in [3.8, 4) is 0 Å². The van der Waals surface area contributed by atoms with Gasteiger partial charge in [-0.2, -0.15) is 0 Å². The van der Waals surface area contributed by atoms with Crippen LogP contribution in [0.1, 0.15) is 60.8 Å². The summed E-state index contributed by atoms with van der Waals surface area (Å²) >= 11 is 0. The van der Waals surface area contributed by atoms with Gasteiger partial charge in [0.15, 0.2) is 0 Å². The Bertz CT molecular complexity index is 99.7. The van der Waals surface area contributed by atoms with Gasteiger partial charge < -0.3 is 5.73 Å². The Balaban J connectivity index is 0. The molecule has 1 aliphatic carbocycles. The van der Waals surface area contributed by atoms with Gasteiger partial charge in [-0.05, 0) is 31.1 Å². The van der Waals surface area contributed by atoms with Crippen molar-refractivity contribution in [2.45, 2.75) is 66.8 Å². The first-order valence-electron chi connectivity index (χ1n) is 4.94. The quantitative estimate of drug-likeness (QED) is 0.613. The molecule has 0 saturated heterocycles. The van der Waals surface area contributed by atoms with Gasteiger partial charge in [0.25, 0.3) is 0 Å². The highest BCUT2D eigenvalue weighted by Crippen LogP contribution is 2.25. The van der Waals surface area contributed by atoms with Gasteiger partial charge in [0.2, 0.25) is 0 Å². The van der Waals surface area contributed by atoms with Crippen molar-refractivity contribution in [3.05, 3.63) is 0 Å². The number of rotatable bonds is 0. The van der Waals surface area contributed by atoms with Crippen LogP contribution in [0.2, 0.25) is 0 Å². The third-order valence-corrected chi connectivity index (χ3v) is 2.78. The molecule has 2 N–H and O–H groups in total. The normalized spacial score (nSPS) is 34.8. The summed E-state index contributed by atoms with van der Waals surface area (Å²) in [5, 5.41) is 0. The predicted molar refractivity (Wildman–Crippen MR) is 62.9 cm³/mol. The van der Waals surface area contributed by atoms with Crippen LogP contribution in [0.25, 0.3) is 0 Å². The van der Waals surface area contributed by atoms with Crippen LogP contribution in [-0.2, 0) is 0 Å². The summed E-state index contributed by atoms with van der Waals surface area (Å²) in [7, 11) is 0. The summed E-state index contributed by atoms with van der Waals surface area (Å²) < 4.78 is 0. The van der Waals surface area contributed by atoms with Crippen molar-refractivity contribution in [3.63, 3.8) is 0 Å². The van der Waals surface area contributed by atoms with E-state index in [2.05, 4.69) is 13.8 Å². The van der Waals surface area contributed by atoms with Crippen molar-refractivity contribution in [2.24, 2.45) is 17.6 Å². The van der Waals surface area contributed by atoms with Crippen LogP contribution < -0.4 is 5.73 Å². The zero-order chi connectivity index (χ0) is 8.27. The fourth-order valence-electron chi connectivity index (χ4n) is 2.26. The van der Waals surface area contributed by atoms with Gasteiger partial charge in [-0.25, -0.2) is 0 Å². The van der Waals surface area contributed by atoms with Crippen molar-refractivity contribution in [1.29, 1.82) is 0 Å². The molecule has 3 atom stereocenters. The molecular formula is C12H29N. The molecule has 1 fully saturated rings. The van der Waals surface area contributed by atoms with E-state index < -0.39 is 0 Å². The van der Waals surface area contributed by atoms with E-state index in [-0.39, 0.29) is 14.9 Å². The lowest BCUT2D eigenvalue weighted by Crippen LogP contribution is -2.25. The van der Waals surface area contributed by atoms with E-state index in [1.54, 1.807) is 0 Å². The topological polar surface area (TPSA) is 26.0 Å². The summed E-state index contributed by atoms with van der Waals surface area (Å²) in [6.07, 6.45) is 6.60. The molecule has 0 heterocycles. The van der Waals surface area contributed by atoms with Gasteiger partial charge in [-0.3, -0.25) is 0 Å². The molecule has 0 aromatic carbocycles. The zero-order valence-electron chi connectivity index (χ0n) is 7.84. The van der Waals surface area contributed by atoms with Gasteiger partial charge >= 0.3 is 0 Å². The lowest BCUT2D eigenvalue weighted by atomic mass is 9.84. The average molecular weight is 187 g/mol. The van der Waals surface area contributed by atoms with E-state index in [9.17, 15) is 0 Å². The zero-order valence-corrected chi connectivity index (χ0v) is 7.84. The third-order valence-electron chi connectivity index (χ3n) is 2.78. The Morgan fingerprint density at radius 3 is 2.15 bits per heavy atom. The molecule has 13 heavy (non-hydrogen) atoms. The highest BCUT2D eigenvalue weighted by Gasteiger charge is 2.16. The molecule has 0 bridgehead atoms. The molecule has 0 aromatic heterocycles. The Morgan fingerprint density at radius 2 is 1.54 bits per heavy atom. The Hall–Kier alpha value is -0.0400. The van der Waals surface area contributed by atoms with Crippen molar-refractivity contribution >= 4 is 0 Å². The molecule has 1 aliphatic rings. The fourth-order valence-corrected chi connectivity index (χ4v) is 2.26. The molecule has 1 nitrogen and oxygen atoms in total. The summed E-state index contributed by atoms with van der Waals surface area (Å²) in [5.74, 6) is 1.78. The van der Waals surface area contributed by atoms with Gasteiger partial charge in [-0.15, -0.1) is 0 Å². The Morgan fingerprint density at radius 1 is 0.923 bits per heavy atom. The summed E-state index contributed by atoms with van der Waals surface area (Å²) in [5.41, 5.74) is 5.94. The Kier molecular flexibility index (Phi) is 8.75. The van der Waals surface area contributed by atoms with Crippen LogP contribution in [0, 0.1) is 11.8 Å². The molecule has 0 aliphatic heterocycles. The van der Waals surface area contributed by atoms with Crippen molar-refractivity contribution in [1.82, 2.24) is 0 Å². The van der Waals surface area contributed by atoms with Gasteiger partial charge in [0.05, 0.1) is 0 Å². The largest absolute Gasteiger partial charge is 0.328 e. The highest BCUT2D eigenvalue weighted by molar-refractivity contribution is 4.71. The molecule has 82 valence electrons. The van der Waals surface area contributed by atoms with Crippen LogP contribution in [0.3, 0.4) is 0 Å². The number of hydrogen-bond acceptors (Lipinski definition) is 1. The first kappa shape index (κ1) is 15.4. The first-order valence-corrected chi connectivity index (χ1v) is 4.94.